The second-order valence-corrected chi connectivity index (χ2v) is 7.73. The zero-order chi connectivity index (χ0) is 20.1. The fourth-order valence-electron chi connectivity index (χ4n) is 4.66. The number of benzene rings is 1. The Labute approximate surface area is 166 Å². The van der Waals surface area contributed by atoms with E-state index in [2.05, 4.69) is 0 Å². The van der Waals surface area contributed by atoms with Crippen LogP contribution in [0.1, 0.15) is 28.4 Å². The molecule has 0 unspecified atom stereocenters. The van der Waals surface area contributed by atoms with Gasteiger partial charge in [-0.05, 0) is 30.5 Å². The lowest BCUT2D eigenvalue weighted by molar-refractivity contribution is 0.0590. The third kappa shape index (κ3) is 2.85. The number of hydrogen-bond donors (Lipinski definition) is 0. The van der Waals surface area contributed by atoms with Gasteiger partial charge in [0.05, 0.1) is 7.11 Å². The van der Waals surface area contributed by atoms with Crippen LogP contribution < -0.4 is 15.9 Å². The Kier molecular flexibility index (Phi) is 4.04. The molecule has 0 saturated carbocycles. The summed E-state index contributed by atoms with van der Waals surface area (Å²) < 4.78 is 12.5. The lowest BCUT2D eigenvalue weighted by Gasteiger charge is -2.42. The normalized spacial score (nSPS) is 20.4. The van der Waals surface area contributed by atoms with E-state index < -0.39 is 5.63 Å². The van der Waals surface area contributed by atoms with Crippen molar-refractivity contribution in [3.05, 3.63) is 74.5 Å². The number of hydrogen-bond acceptors (Lipinski definition) is 5. The van der Waals surface area contributed by atoms with Crippen LogP contribution in [-0.2, 0) is 6.54 Å². The van der Waals surface area contributed by atoms with Gasteiger partial charge in [-0.1, -0.05) is 18.2 Å². The molecule has 2 bridgehead atoms. The summed E-state index contributed by atoms with van der Waals surface area (Å²) in [5.41, 5.74) is 0.651. The Balaban J connectivity index is 1.50. The topological polar surface area (TPSA) is 81.8 Å². The fourth-order valence-corrected chi connectivity index (χ4v) is 4.66. The number of ether oxygens (including phenoxy) is 1. The third-order valence-corrected chi connectivity index (χ3v) is 5.94. The molecule has 0 radical (unpaired) electrons. The molecule has 1 amide bonds. The maximum atomic E-state index is 13.2. The van der Waals surface area contributed by atoms with Gasteiger partial charge in [0.15, 0.2) is 11.3 Å². The van der Waals surface area contributed by atoms with E-state index in [4.69, 9.17) is 9.15 Å². The molecule has 7 nitrogen and oxygen atoms in total. The number of rotatable bonds is 2. The van der Waals surface area contributed by atoms with Crippen molar-refractivity contribution in [2.75, 3.05) is 20.2 Å². The fraction of sp³-hybridized carbons (Fsp3) is 0.318. The van der Waals surface area contributed by atoms with Gasteiger partial charge >= 0.3 is 5.63 Å². The molecule has 2 aliphatic heterocycles. The van der Waals surface area contributed by atoms with Crippen LogP contribution in [0.25, 0.3) is 11.0 Å². The predicted molar refractivity (Wildman–Crippen MR) is 106 cm³/mol. The third-order valence-electron chi connectivity index (χ3n) is 5.94. The summed E-state index contributed by atoms with van der Waals surface area (Å²) in [6, 6.07) is 12.1. The monoisotopic (exact) mass is 392 g/mol. The maximum absolute atomic E-state index is 13.2. The number of aromatic nitrogens is 1. The minimum Gasteiger partial charge on any atom is -0.493 e. The summed E-state index contributed by atoms with van der Waals surface area (Å²) >= 11 is 0. The van der Waals surface area contributed by atoms with Crippen molar-refractivity contribution in [3.63, 3.8) is 0 Å². The van der Waals surface area contributed by atoms with Crippen molar-refractivity contribution in [3.8, 4) is 5.75 Å². The number of para-hydroxylation sites is 1. The van der Waals surface area contributed by atoms with Crippen LogP contribution >= 0.6 is 0 Å². The van der Waals surface area contributed by atoms with Crippen LogP contribution in [-0.4, -0.2) is 35.6 Å². The van der Waals surface area contributed by atoms with Gasteiger partial charge in [-0.15, -0.1) is 0 Å². The molecule has 5 rings (SSSR count). The van der Waals surface area contributed by atoms with Crippen molar-refractivity contribution in [1.82, 2.24) is 9.47 Å². The summed E-state index contributed by atoms with van der Waals surface area (Å²) in [7, 11) is 1.50. The maximum Gasteiger partial charge on any atom is 0.349 e. The van der Waals surface area contributed by atoms with Gasteiger partial charge in [-0.3, -0.25) is 9.59 Å². The number of fused-ring (bicyclic) bond motifs is 5. The zero-order valence-corrected chi connectivity index (χ0v) is 16.0. The lowest BCUT2D eigenvalue weighted by atomic mass is 9.83. The Hall–Kier alpha value is -3.35. The van der Waals surface area contributed by atoms with E-state index in [1.165, 1.54) is 7.11 Å². The smallest absolute Gasteiger partial charge is 0.349 e. The molecule has 1 saturated heterocycles. The van der Waals surface area contributed by atoms with E-state index >= 15 is 0 Å². The standard InChI is InChI=1S/C22H20N2O5/c1-28-18-6-2-4-14-9-16(22(27)29-20(14)18)21(26)23-10-13-8-15(12-23)17-5-3-7-19(25)24(17)11-13/h2-7,9,13,15H,8,10-12H2,1H3/t13-,15+/m1/s1. The van der Waals surface area contributed by atoms with Crippen LogP contribution in [0.2, 0.25) is 0 Å². The summed E-state index contributed by atoms with van der Waals surface area (Å²) in [5, 5.41) is 0.640. The molecule has 4 heterocycles. The van der Waals surface area contributed by atoms with Gasteiger partial charge in [-0.2, -0.15) is 0 Å². The molecule has 0 spiro atoms. The van der Waals surface area contributed by atoms with Crippen LogP contribution in [0.4, 0.5) is 0 Å². The summed E-state index contributed by atoms with van der Waals surface area (Å²) in [6.07, 6.45) is 0.941. The quantitative estimate of drug-likeness (QED) is 0.625. The molecule has 1 fully saturated rings. The molecule has 1 aromatic carbocycles. The molecule has 0 N–H and O–H groups in total. The van der Waals surface area contributed by atoms with E-state index in [1.807, 2.05) is 10.6 Å². The second-order valence-electron chi connectivity index (χ2n) is 7.73. The van der Waals surface area contributed by atoms with Gasteiger partial charge in [0.2, 0.25) is 0 Å². The van der Waals surface area contributed by atoms with Crippen LogP contribution in [0.5, 0.6) is 5.75 Å². The van der Waals surface area contributed by atoms with E-state index in [0.717, 1.165) is 12.1 Å². The van der Waals surface area contributed by atoms with Crippen molar-refractivity contribution in [1.29, 1.82) is 0 Å². The van der Waals surface area contributed by atoms with E-state index in [1.54, 1.807) is 41.3 Å². The number of carbonyl (C=O) groups is 1. The Morgan fingerprint density at radius 2 is 1.93 bits per heavy atom. The van der Waals surface area contributed by atoms with Crippen molar-refractivity contribution < 1.29 is 13.9 Å². The van der Waals surface area contributed by atoms with Crippen LogP contribution in [0, 0.1) is 5.92 Å². The van der Waals surface area contributed by atoms with Gasteiger partial charge in [0.25, 0.3) is 11.5 Å². The molecular formula is C22H20N2O5. The number of methoxy groups -OCH3 is 1. The van der Waals surface area contributed by atoms with Crippen molar-refractivity contribution >= 4 is 16.9 Å². The molecule has 3 aromatic rings. The summed E-state index contributed by atoms with van der Waals surface area (Å²) in [4.78, 5) is 39.6. The number of pyridine rings is 1. The highest BCUT2D eigenvalue weighted by atomic mass is 16.5. The lowest BCUT2D eigenvalue weighted by Crippen LogP contribution is -2.49. The molecule has 0 aliphatic carbocycles. The van der Waals surface area contributed by atoms with Gasteiger partial charge < -0.3 is 18.6 Å². The minimum atomic E-state index is -0.667. The molecule has 2 atom stereocenters. The minimum absolute atomic E-state index is 0.00102. The number of likely N-dealkylation sites (tertiary alicyclic amines) is 1. The highest BCUT2D eigenvalue weighted by molar-refractivity contribution is 5.97. The molecule has 2 aromatic heterocycles. The largest absolute Gasteiger partial charge is 0.493 e. The zero-order valence-electron chi connectivity index (χ0n) is 16.0. The Morgan fingerprint density at radius 1 is 1.10 bits per heavy atom. The molecular weight excluding hydrogens is 372 g/mol. The highest BCUT2D eigenvalue weighted by Crippen LogP contribution is 2.35. The van der Waals surface area contributed by atoms with Gasteiger partial charge in [0.1, 0.15) is 5.56 Å². The second kappa shape index (κ2) is 6.62. The molecule has 148 valence electrons. The number of nitrogens with zero attached hydrogens (tertiary/aromatic N) is 2. The first-order valence-corrected chi connectivity index (χ1v) is 9.65. The molecule has 2 aliphatic rings. The Bertz CT molecular complexity index is 1240. The molecule has 7 heteroatoms. The number of amides is 1. The average molecular weight is 392 g/mol. The van der Waals surface area contributed by atoms with E-state index in [0.29, 0.717) is 36.4 Å². The van der Waals surface area contributed by atoms with Gasteiger partial charge in [-0.25, -0.2) is 4.79 Å². The highest BCUT2D eigenvalue weighted by Gasteiger charge is 2.37. The van der Waals surface area contributed by atoms with E-state index in [9.17, 15) is 14.4 Å². The van der Waals surface area contributed by atoms with Gasteiger partial charge in [0, 0.05) is 42.7 Å². The van der Waals surface area contributed by atoms with Crippen LogP contribution in [0.15, 0.2) is 56.5 Å². The molecule has 29 heavy (non-hydrogen) atoms. The average Bonchev–Trinajstić information content (AvgIpc) is 2.73. The van der Waals surface area contributed by atoms with Crippen molar-refractivity contribution in [2.45, 2.75) is 18.9 Å². The summed E-state index contributed by atoms with van der Waals surface area (Å²) in [5.74, 6) is 0.406. The predicted octanol–water partition coefficient (Wildman–Crippen LogP) is 2.22. The summed E-state index contributed by atoms with van der Waals surface area (Å²) in [6.45, 7) is 1.60. The SMILES string of the molecule is COc1cccc2cc(C(=O)N3C[C@H]4C[C@@H](C3)c3cccc(=O)n3C4)c(=O)oc12. The van der Waals surface area contributed by atoms with Crippen molar-refractivity contribution in [2.24, 2.45) is 5.92 Å². The Morgan fingerprint density at radius 3 is 2.76 bits per heavy atom. The first kappa shape index (κ1) is 17.7. The van der Waals surface area contributed by atoms with Crippen LogP contribution in [0.3, 0.4) is 0 Å². The first-order chi connectivity index (χ1) is 14.0. The van der Waals surface area contributed by atoms with E-state index in [-0.39, 0.29) is 28.9 Å². The number of piperidine rings is 1. The number of carbonyl (C=O) groups excluding carboxylic acids is 1. The first-order valence-electron chi connectivity index (χ1n) is 9.65.